The number of anilines is 1. The topological polar surface area (TPSA) is 140 Å². The molecule has 1 aliphatic heterocycles. The molecule has 0 radical (unpaired) electrons. The van der Waals surface area contributed by atoms with Crippen molar-refractivity contribution in [2.45, 2.75) is 44.6 Å². The number of nitrogens with zero attached hydrogens (tertiary/aromatic N) is 2. The summed E-state index contributed by atoms with van der Waals surface area (Å²) >= 11 is 0. The van der Waals surface area contributed by atoms with Crippen LogP contribution in [0.2, 0.25) is 0 Å². The Balaban J connectivity index is 1.61. The lowest BCUT2D eigenvalue weighted by Gasteiger charge is -2.40. The van der Waals surface area contributed by atoms with E-state index in [1.54, 1.807) is 6.07 Å². The average Bonchev–Trinajstić information content (AvgIpc) is 2.89. The molecule has 39 heavy (non-hydrogen) atoms. The third-order valence-corrected chi connectivity index (χ3v) is 6.38. The number of aliphatic hydroxyl groups excluding tert-OH is 2. The van der Waals surface area contributed by atoms with Gasteiger partial charge in [-0.15, -0.1) is 0 Å². The number of nitrogens with two attached hydrogens (primary N) is 1. The van der Waals surface area contributed by atoms with Crippen LogP contribution in [0.1, 0.15) is 42.4 Å². The number of aliphatic hydroxyl groups is 2. The zero-order chi connectivity index (χ0) is 28.3. The van der Waals surface area contributed by atoms with E-state index in [1.807, 2.05) is 13.8 Å². The van der Waals surface area contributed by atoms with Gasteiger partial charge in [0.2, 0.25) is 0 Å². The highest BCUT2D eigenvalue weighted by atomic mass is 19.1. The smallest absolute Gasteiger partial charge is 0.274 e. The zero-order valence-corrected chi connectivity index (χ0v) is 21.3. The monoisotopic (exact) mass is 546 g/mol. The predicted molar refractivity (Wildman–Crippen MR) is 135 cm³/mol. The molecule has 2 aromatic heterocycles. The summed E-state index contributed by atoms with van der Waals surface area (Å²) in [5.41, 5.74) is 5.21. The van der Waals surface area contributed by atoms with Crippen LogP contribution in [0.5, 0.6) is 5.75 Å². The van der Waals surface area contributed by atoms with Crippen LogP contribution in [0.4, 0.5) is 18.9 Å². The van der Waals surface area contributed by atoms with Crippen LogP contribution in [0.15, 0.2) is 42.7 Å². The summed E-state index contributed by atoms with van der Waals surface area (Å²) in [6, 6.07) is 4.72. The van der Waals surface area contributed by atoms with Crippen molar-refractivity contribution in [3.05, 3.63) is 71.4 Å². The largest absolute Gasteiger partial charge is 0.491 e. The first-order valence-electron chi connectivity index (χ1n) is 12.3. The van der Waals surface area contributed by atoms with Crippen molar-refractivity contribution in [3.63, 3.8) is 0 Å². The number of pyridine rings is 2. The molecule has 5 N–H and O–H groups in total. The van der Waals surface area contributed by atoms with Crippen LogP contribution in [0.25, 0.3) is 11.3 Å². The molecule has 1 fully saturated rings. The lowest BCUT2D eigenvalue weighted by molar-refractivity contribution is -0.145. The van der Waals surface area contributed by atoms with Gasteiger partial charge in [0.05, 0.1) is 42.4 Å². The fourth-order valence-corrected chi connectivity index (χ4v) is 4.45. The second-order valence-corrected chi connectivity index (χ2v) is 9.50. The number of ether oxygens (including phenoxy) is 2. The van der Waals surface area contributed by atoms with E-state index in [9.17, 15) is 23.1 Å². The highest BCUT2D eigenvalue weighted by Gasteiger charge is 2.38. The Morgan fingerprint density at radius 3 is 2.59 bits per heavy atom. The highest BCUT2D eigenvalue weighted by molar-refractivity contribution is 6.03. The van der Waals surface area contributed by atoms with Gasteiger partial charge in [0.15, 0.2) is 0 Å². The number of carbonyl (C=O) groups excluding carboxylic acids is 1. The van der Waals surface area contributed by atoms with Crippen molar-refractivity contribution in [2.24, 2.45) is 11.7 Å². The third-order valence-electron chi connectivity index (χ3n) is 6.38. The molecule has 3 aromatic rings. The summed E-state index contributed by atoms with van der Waals surface area (Å²) in [5, 5.41) is 21.9. The molecule has 0 aliphatic carbocycles. The van der Waals surface area contributed by atoms with E-state index in [2.05, 4.69) is 15.3 Å². The number of benzene rings is 1. The molecule has 3 heterocycles. The van der Waals surface area contributed by atoms with E-state index in [0.717, 1.165) is 24.3 Å². The molecule has 9 nitrogen and oxygen atoms in total. The van der Waals surface area contributed by atoms with Gasteiger partial charge < -0.3 is 30.7 Å². The van der Waals surface area contributed by atoms with Gasteiger partial charge in [0, 0.05) is 29.9 Å². The normalized spacial score (nSPS) is 21.2. The summed E-state index contributed by atoms with van der Waals surface area (Å²) in [5.74, 6) is -4.36. The van der Waals surface area contributed by atoms with Gasteiger partial charge in [0.25, 0.3) is 5.91 Å². The summed E-state index contributed by atoms with van der Waals surface area (Å²) < 4.78 is 55.3. The standard InChI is InChI=1S/C27H29F3N4O5/c1-13(2)26-25(36)19(31)11-22(39-26)15-5-6-32-12-21(15)34-27(37)20-4-3-16(28)24(33-20)23-17(29)9-14(10-18(23)30)38-8-7-35/h3-6,9-10,12-13,19,22,25-26,35-36H,7-8,11,31H2,1-2H3,(H,34,37)/t19-,22-,25+,26-/m1/s1. The number of amides is 1. The zero-order valence-electron chi connectivity index (χ0n) is 21.3. The minimum Gasteiger partial charge on any atom is -0.491 e. The summed E-state index contributed by atoms with van der Waals surface area (Å²) in [4.78, 5) is 21.1. The SMILES string of the molecule is CC(C)[C@H]1O[C@@H](c2ccncc2NC(=O)c2ccc(F)c(-c3c(F)cc(OCCO)cc3F)n2)C[C@@H](N)[C@@H]1O. The van der Waals surface area contributed by atoms with Crippen LogP contribution in [0, 0.1) is 23.4 Å². The number of carbonyl (C=O) groups is 1. The van der Waals surface area contributed by atoms with Crippen molar-refractivity contribution < 1.29 is 37.7 Å². The van der Waals surface area contributed by atoms with Crippen LogP contribution in [-0.2, 0) is 4.74 Å². The molecule has 0 spiro atoms. The van der Waals surface area contributed by atoms with E-state index >= 15 is 0 Å². The van der Waals surface area contributed by atoms with Gasteiger partial charge >= 0.3 is 0 Å². The molecule has 0 unspecified atom stereocenters. The lowest BCUT2D eigenvalue weighted by atomic mass is 9.88. The summed E-state index contributed by atoms with van der Waals surface area (Å²) in [6.45, 7) is 3.25. The van der Waals surface area contributed by atoms with Crippen LogP contribution >= 0.6 is 0 Å². The van der Waals surface area contributed by atoms with Crippen molar-refractivity contribution in [1.29, 1.82) is 0 Å². The van der Waals surface area contributed by atoms with Gasteiger partial charge in [-0.25, -0.2) is 18.2 Å². The molecule has 4 atom stereocenters. The number of aromatic nitrogens is 2. The number of hydrogen-bond acceptors (Lipinski definition) is 8. The van der Waals surface area contributed by atoms with Gasteiger partial charge in [-0.2, -0.15) is 0 Å². The van der Waals surface area contributed by atoms with Gasteiger partial charge in [-0.1, -0.05) is 13.8 Å². The Hall–Kier alpha value is -3.58. The first-order chi connectivity index (χ1) is 18.6. The minimum atomic E-state index is -1.16. The summed E-state index contributed by atoms with van der Waals surface area (Å²) in [6.07, 6.45) is 1.27. The van der Waals surface area contributed by atoms with E-state index in [0.29, 0.717) is 5.56 Å². The Kier molecular flexibility index (Phi) is 8.80. The second-order valence-electron chi connectivity index (χ2n) is 9.50. The average molecular weight is 547 g/mol. The summed E-state index contributed by atoms with van der Waals surface area (Å²) in [7, 11) is 0. The number of nitrogens with one attached hydrogen (secondary N) is 1. The Morgan fingerprint density at radius 1 is 1.21 bits per heavy atom. The molecular formula is C27H29F3N4O5. The van der Waals surface area contributed by atoms with E-state index < -0.39 is 59.0 Å². The van der Waals surface area contributed by atoms with Crippen molar-refractivity contribution in [1.82, 2.24) is 9.97 Å². The fourth-order valence-electron chi connectivity index (χ4n) is 4.45. The molecule has 12 heteroatoms. The van der Waals surface area contributed by atoms with Crippen molar-refractivity contribution in [3.8, 4) is 17.0 Å². The molecule has 208 valence electrons. The minimum absolute atomic E-state index is 0.0216. The number of halogens is 3. The van der Waals surface area contributed by atoms with E-state index in [4.69, 9.17) is 20.3 Å². The van der Waals surface area contributed by atoms with Crippen LogP contribution in [0.3, 0.4) is 0 Å². The van der Waals surface area contributed by atoms with Crippen molar-refractivity contribution >= 4 is 11.6 Å². The molecule has 4 rings (SSSR count). The maximum absolute atomic E-state index is 14.7. The first kappa shape index (κ1) is 28.4. The fraction of sp³-hybridized carbons (Fsp3) is 0.370. The maximum Gasteiger partial charge on any atom is 0.274 e. The molecular weight excluding hydrogens is 517 g/mol. The maximum atomic E-state index is 14.7. The van der Waals surface area contributed by atoms with Gasteiger partial charge in [-0.3, -0.25) is 9.78 Å². The van der Waals surface area contributed by atoms with E-state index in [-0.39, 0.29) is 42.7 Å². The van der Waals surface area contributed by atoms with Gasteiger partial charge in [-0.05, 0) is 30.5 Å². The lowest BCUT2D eigenvalue weighted by Crippen LogP contribution is -2.51. The molecule has 0 bridgehead atoms. The van der Waals surface area contributed by atoms with E-state index in [1.165, 1.54) is 12.4 Å². The molecule has 0 saturated carbocycles. The van der Waals surface area contributed by atoms with Crippen molar-refractivity contribution in [2.75, 3.05) is 18.5 Å². The molecule has 1 aromatic carbocycles. The Labute approximate surface area is 222 Å². The van der Waals surface area contributed by atoms with Crippen LogP contribution in [-0.4, -0.2) is 57.6 Å². The molecule has 1 aliphatic rings. The second kappa shape index (κ2) is 12.1. The Morgan fingerprint density at radius 2 is 1.92 bits per heavy atom. The highest BCUT2D eigenvalue weighted by Crippen LogP contribution is 2.37. The number of rotatable bonds is 8. The van der Waals surface area contributed by atoms with Gasteiger partial charge in [0.1, 0.15) is 41.2 Å². The third kappa shape index (κ3) is 6.19. The predicted octanol–water partition coefficient (Wildman–Crippen LogP) is 3.36. The van der Waals surface area contributed by atoms with Crippen LogP contribution < -0.4 is 15.8 Å². The first-order valence-corrected chi connectivity index (χ1v) is 12.3. The number of hydrogen-bond donors (Lipinski definition) is 4. The molecule has 1 amide bonds. The molecule has 1 saturated heterocycles. The Bertz CT molecular complexity index is 1320. The quantitative estimate of drug-likeness (QED) is 0.337.